The van der Waals surface area contributed by atoms with Gasteiger partial charge in [-0.1, -0.05) is 42.5 Å². The molecule has 0 spiro atoms. The lowest BCUT2D eigenvalue weighted by Crippen LogP contribution is -2.05. The van der Waals surface area contributed by atoms with Crippen LogP contribution in [0.4, 0.5) is 16.2 Å². The SMILES string of the molecule is COc1ccc(-n2nc3nc(NCc4ccccc4)nc(-c4cccc(F)c4)c3c2N)cc1. The highest BCUT2D eigenvalue weighted by molar-refractivity contribution is 5.99. The normalized spacial score (nSPS) is 11.0. The second kappa shape index (κ2) is 8.58. The van der Waals surface area contributed by atoms with Gasteiger partial charge in [0.2, 0.25) is 5.95 Å². The van der Waals surface area contributed by atoms with Gasteiger partial charge < -0.3 is 15.8 Å². The Bertz CT molecular complexity index is 1420. The quantitative estimate of drug-likeness (QED) is 0.393. The zero-order valence-electron chi connectivity index (χ0n) is 17.9. The van der Waals surface area contributed by atoms with Crippen molar-refractivity contribution < 1.29 is 9.13 Å². The van der Waals surface area contributed by atoms with Crippen LogP contribution in [-0.4, -0.2) is 26.9 Å². The van der Waals surface area contributed by atoms with E-state index in [9.17, 15) is 4.39 Å². The molecule has 33 heavy (non-hydrogen) atoms. The van der Waals surface area contributed by atoms with E-state index in [0.717, 1.165) is 17.0 Å². The van der Waals surface area contributed by atoms with Gasteiger partial charge in [0.05, 0.1) is 23.9 Å². The van der Waals surface area contributed by atoms with Crippen LogP contribution in [0.5, 0.6) is 5.75 Å². The highest BCUT2D eigenvalue weighted by atomic mass is 19.1. The average molecular weight is 440 g/mol. The smallest absolute Gasteiger partial charge is 0.225 e. The summed E-state index contributed by atoms with van der Waals surface area (Å²) in [5.41, 5.74) is 9.84. The second-order valence-electron chi connectivity index (χ2n) is 7.44. The fourth-order valence-corrected chi connectivity index (χ4v) is 3.63. The first-order valence-corrected chi connectivity index (χ1v) is 10.4. The molecule has 5 aromatic rings. The van der Waals surface area contributed by atoms with Gasteiger partial charge in [0.1, 0.15) is 17.4 Å². The van der Waals surface area contributed by atoms with E-state index >= 15 is 0 Å². The van der Waals surface area contributed by atoms with Crippen LogP contribution in [0.15, 0.2) is 78.9 Å². The minimum absolute atomic E-state index is 0.362. The Balaban J connectivity index is 1.64. The Kier molecular flexibility index (Phi) is 5.32. The molecule has 8 heteroatoms. The van der Waals surface area contributed by atoms with E-state index in [1.165, 1.54) is 12.1 Å². The lowest BCUT2D eigenvalue weighted by atomic mass is 10.1. The van der Waals surface area contributed by atoms with Gasteiger partial charge in [-0.2, -0.15) is 4.98 Å². The van der Waals surface area contributed by atoms with E-state index in [2.05, 4.69) is 20.4 Å². The molecule has 0 aliphatic heterocycles. The lowest BCUT2D eigenvalue weighted by molar-refractivity contribution is 0.414. The van der Waals surface area contributed by atoms with Gasteiger partial charge in [-0.25, -0.2) is 14.1 Å². The van der Waals surface area contributed by atoms with Crippen LogP contribution in [0.2, 0.25) is 0 Å². The van der Waals surface area contributed by atoms with E-state index in [1.807, 2.05) is 54.6 Å². The fourth-order valence-electron chi connectivity index (χ4n) is 3.63. The van der Waals surface area contributed by atoms with Gasteiger partial charge in [0, 0.05) is 12.1 Å². The molecule has 0 amide bonds. The van der Waals surface area contributed by atoms with Crippen molar-refractivity contribution in [3.63, 3.8) is 0 Å². The number of methoxy groups -OCH3 is 1. The van der Waals surface area contributed by atoms with E-state index in [-0.39, 0.29) is 5.82 Å². The first-order valence-electron chi connectivity index (χ1n) is 10.4. The highest BCUT2D eigenvalue weighted by Gasteiger charge is 2.19. The highest BCUT2D eigenvalue weighted by Crippen LogP contribution is 2.33. The number of nitrogens with one attached hydrogen (secondary N) is 1. The van der Waals surface area contributed by atoms with Crippen molar-refractivity contribution in [2.24, 2.45) is 0 Å². The number of rotatable bonds is 6. The first-order chi connectivity index (χ1) is 16.1. The molecule has 5 rings (SSSR count). The Morgan fingerprint density at radius 1 is 0.970 bits per heavy atom. The lowest BCUT2D eigenvalue weighted by Gasteiger charge is -2.09. The van der Waals surface area contributed by atoms with Gasteiger partial charge in [-0.3, -0.25) is 0 Å². The van der Waals surface area contributed by atoms with Gasteiger partial charge in [0.15, 0.2) is 5.65 Å². The average Bonchev–Trinajstić information content (AvgIpc) is 3.19. The van der Waals surface area contributed by atoms with Crippen molar-refractivity contribution in [3.05, 3.63) is 90.2 Å². The van der Waals surface area contributed by atoms with Crippen molar-refractivity contribution in [2.45, 2.75) is 6.54 Å². The predicted octanol–water partition coefficient (Wildman–Crippen LogP) is 4.82. The third-order valence-electron chi connectivity index (χ3n) is 5.28. The molecule has 0 unspecified atom stereocenters. The van der Waals surface area contributed by atoms with Gasteiger partial charge in [-0.05, 0) is 42.0 Å². The maximum absolute atomic E-state index is 14.0. The maximum atomic E-state index is 14.0. The Labute approximate surface area is 189 Å². The van der Waals surface area contributed by atoms with Crippen molar-refractivity contribution >= 4 is 22.8 Å². The summed E-state index contributed by atoms with van der Waals surface area (Å²) in [5, 5.41) is 8.42. The zero-order chi connectivity index (χ0) is 22.8. The molecule has 3 aromatic carbocycles. The third kappa shape index (κ3) is 4.06. The third-order valence-corrected chi connectivity index (χ3v) is 5.28. The number of hydrogen-bond acceptors (Lipinski definition) is 6. The number of benzene rings is 3. The molecule has 0 radical (unpaired) electrons. The molecule has 0 bridgehead atoms. The monoisotopic (exact) mass is 440 g/mol. The number of nitrogens with two attached hydrogens (primary N) is 1. The summed E-state index contributed by atoms with van der Waals surface area (Å²) in [6, 6.07) is 23.5. The molecule has 2 heterocycles. The molecule has 2 aromatic heterocycles. The molecule has 7 nitrogen and oxygen atoms in total. The number of nitrogen functional groups attached to an aromatic ring is 1. The van der Waals surface area contributed by atoms with E-state index in [4.69, 9.17) is 10.5 Å². The van der Waals surface area contributed by atoms with E-state index in [1.54, 1.807) is 23.9 Å². The van der Waals surface area contributed by atoms with Crippen molar-refractivity contribution in [1.29, 1.82) is 0 Å². The molecule has 0 aliphatic rings. The van der Waals surface area contributed by atoms with E-state index in [0.29, 0.717) is 40.6 Å². The number of anilines is 2. The second-order valence-corrected chi connectivity index (χ2v) is 7.44. The summed E-state index contributed by atoms with van der Waals surface area (Å²) in [5.74, 6) is 1.11. The number of ether oxygens (including phenoxy) is 1. The van der Waals surface area contributed by atoms with Crippen molar-refractivity contribution in [2.75, 3.05) is 18.2 Å². The summed E-state index contributed by atoms with van der Waals surface area (Å²) in [4.78, 5) is 9.27. The number of halogens is 1. The molecule has 3 N–H and O–H groups in total. The largest absolute Gasteiger partial charge is 0.497 e. The van der Waals surface area contributed by atoms with Crippen LogP contribution in [0.3, 0.4) is 0 Å². The van der Waals surface area contributed by atoms with Crippen molar-refractivity contribution in [1.82, 2.24) is 19.7 Å². The number of nitrogens with zero attached hydrogens (tertiary/aromatic N) is 4. The van der Waals surface area contributed by atoms with Gasteiger partial charge >= 0.3 is 0 Å². The first kappa shape index (κ1) is 20.4. The molecular weight excluding hydrogens is 419 g/mol. The van der Waals surface area contributed by atoms with E-state index < -0.39 is 0 Å². The summed E-state index contributed by atoms with van der Waals surface area (Å²) in [6.07, 6.45) is 0. The van der Waals surface area contributed by atoms with Crippen LogP contribution in [0, 0.1) is 5.82 Å². The Morgan fingerprint density at radius 2 is 1.76 bits per heavy atom. The molecule has 164 valence electrons. The van der Waals surface area contributed by atoms with Crippen LogP contribution >= 0.6 is 0 Å². The minimum atomic E-state index is -0.362. The summed E-state index contributed by atoms with van der Waals surface area (Å²) >= 11 is 0. The Morgan fingerprint density at radius 3 is 2.48 bits per heavy atom. The molecule has 0 atom stereocenters. The molecule has 0 aliphatic carbocycles. The predicted molar refractivity (Wildman–Crippen MR) is 127 cm³/mol. The standard InChI is InChI=1S/C25H21FN6O/c1-33-20-12-10-19(11-13-20)32-23(27)21-22(17-8-5-9-18(26)14-17)29-25(30-24(21)31-32)28-15-16-6-3-2-4-7-16/h2-14H,15,27H2,1H3,(H,28,30,31). The molecule has 0 saturated carbocycles. The molecular formula is C25H21FN6O. The van der Waals surface area contributed by atoms with Gasteiger partial charge in [0.25, 0.3) is 0 Å². The topological polar surface area (TPSA) is 90.9 Å². The number of fused-ring (bicyclic) bond motifs is 1. The zero-order valence-corrected chi connectivity index (χ0v) is 17.9. The van der Waals surface area contributed by atoms with Crippen LogP contribution in [0.25, 0.3) is 28.0 Å². The summed E-state index contributed by atoms with van der Waals surface area (Å²) in [6.45, 7) is 0.531. The van der Waals surface area contributed by atoms with Gasteiger partial charge in [-0.15, -0.1) is 5.10 Å². The Hall–Kier alpha value is -4.46. The molecule has 0 saturated heterocycles. The maximum Gasteiger partial charge on any atom is 0.225 e. The van der Waals surface area contributed by atoms with Crippen LogP contribution in [-0.2, 0) is 6.54 Å². The minimum Gasteiger partial charge on any atom is -0.497 e. The fraction of sp³-hybridized carbons (Fsp3) is 0.0800. The number of aromatic nitrogens is 4. The van der Waals surface area contributed by atoms with Crippen LogP contribution in [0.1, 0.15) is 5.56 Å². The summed E-state index contributed by atoms with van der Waals surface area (Å²) < 4.78 is 20.9. The molecule has 0 fully saturated rings. The van der Waals surface area contributed by atoms with Crippen LogP contribution < -0.4 is 15.8 Å². The van der Waals surface area contributed by atoms with Crippen molar-refractivity contribution in [3.8, 4) is 22.7 Å². The summed E-state index contributed by atoms with van der Waals surface area (Å²) in [7, 11) is 1.61. The number of hydrogen-bond donors (Lipinski definition) is 2.